The summed E-state index contributed by atoms with van der Waals surface area (Å²) in [5, 5.41) is 6.63. The van der Waals surface area contributed by atoms with E-state index in [2.05, 4.69) is 46.7 Å². The van der Waals surface area contributed by atoms with Crippen LogP contribution in [0.2, 0.25) is 0 Å². The molecule has 1 aliphatic rings. The van der Waals surface area contributed by atoms with Crippen molar-refractivity contribution in [1.29, 1.82) is 0 Å². The summed E-state index contributed by atoms with van der Waals surface area (Å²) in [7, 11) is 0. The molecule has 148 valence electrons. The first-order chi connectivity index (χ1) is 12.3. The highest BCUT2D eigenvalue weighted by Crippen LogP contribution is 2.16. The third-order valence-corrected chi connectivity index (χ3v) is 4.46. The van der Waals surface area contributed by atoms with E-state index >= 15 is 0 Å². The summed E-state index contributed by atoms with van der Waals surface area (Å²) in [5.74, 6) is 0.856. The van der Waals surface area contributed by atoms with Crippen LogP contribution in [0.1, 0.15) is 44.2 Å². The number of nitrogens with one attached hydrogen (secondary N) is 2. The first-order valence-electron chi connectivity index (χ1n) is 9.72. The molecule has 26 heavy (non-hydrogen) atoms. The van der Waals surface area contributed by atoms with E-state index < -0.39 is 0 Å². The van der Waals surface area contributed by atoms with Crippen molar-refractivity contribution in [3.63, 3.8) is 0 Å². The second kappa shape index (κ2) is 14.2. The van der Waals surface area contributed by atoms with Crippen LogP contribution in [0.15, 0.2) is 29.3 Å². The maximum absolute atomic E-state index is 5.38. The highest BCUT2D eigenvalue weighted by atomic mass is 127. The van der Waals surface area contributed by atoms with E-state index in [1.54, 1.807) is 0 Å². The van der Waals surface area contributed by atoms with Crippen molar-refractivity contribution in [1.82, 2.24) is 15.5 Å². The van der Waals surface area contributed by atoms with Crippen molar-refractivity contribution in [2.75, 3.05) is 39.4 Å². The Labute approximate surface area is 176 Å². The van der Waals surface area contributed by atoms with E-state index in [1.165, 1.54) is 43.5 Å². The van der Waals surface area contributed by atoms with Crippen LogP contribution in [0.4, 0.5) is 0 Å². The molecule has 1 heterocycles. The molecule has 0 bridgehead atoms. The third-order valence-electron chi connectivity index (χ3n) is 4.46. The smallest absolute Gasteiger partial charge is 0.191 e. The number of benzene rings is 1. The van der Waals surface area contributed by atoms with E-state index in [1.807, 2.05) is 6.92 Å². The zero-order chi connectivity index (χ0) is 17.7. The lowest BCUT2D eigenvalue weighted by atomic mass is 10.1. The average Bonchev–Trinajstić information content (AvgIpc) is 2.65. The van der Waals surface area contributed by atoms with Gasteiger partial charge in [0.1, 0.15) is 0 Å². The Bertz CT molecular complexity index is 518. The van der Waals surface area contributed by atoms with Gasteiger partial charge in [0.05, 0.1) is 13.2 Å². The fourth-order valence-electron chi connectivity index (χ4n) is 3.12. The lowest BCUT2D eigenvalue weighted by molar-refractivity contribution is 0.152. The van der Waals surface area contributed by atoms with Crippen LogP contribution in [-0.4, -0.2) is 50.3 Å². The van der Waals surface area contributed by atoms with Gasteiger partial charge in [-0.2, -0.15) is 0 Å². The molecule has 0 aliphatic carbocycles. The van der Waals surface area contributed by atoms with Crippen molar-refractivity contribution in [3.05, 3.63) is 35.4 Å². The van der Waals surface area contributed by atoms with Gasteiger partial charge in [-0.1, -0.05) is 30.7 Å². The molecule has 1 saturated heterocycles. The van der Waals surface area contributed by atoms with E-state index in [-0.39, 0.29) is 24.0 Å². The summed E-state index contributed by atoms with van der Waals surface area (Å²) in [6, 6.07) is 8.69. The summed E-state index contributed by atoms with van der Waals surface area (Å²) in [6.45, 7) is 11.4. The second-order valence-corrected chi connectivity index (χ2v) is 6.42. The lowest BCUT2D eigenvalue weighted by Gasteiger charge is -2.27. The molecular weight excluding hydrogens is 439 g/mol. The molecule has 1 fully saturated rings. The SMILES string of the molecule is CCNC(=NCc1ccccc1CN1CCCCC1)NCCOCC.I. The quantitative estimate of drug-likeness (QED) is 0.250. The zero-order valence-corrected chi connectivity index (χ0v) is 18.6. The molecule has 0 aromatic heterocycles. The van der Waals surface area contributed by atoms with Gasteiger partial charge in [0.25, 0.3) is 0 Å². The van der Waals surface area contributed by atoms with Gasteiger partial charge in [-0.05, 0) is 50.9 Å². The van der Waals surface area contributed by atoms with Gasteiger partial charge in [0, 0.05) is 26.2 Å². The van der Waals surface area contributed by atoms with Crippen molar-refractivity contribution in [2.24, 2.45) is 4.99 Å². The van der Waals surface area contributed by atoms with Crippen LogP contribution in [-0.2, 0) is 17.8 Å². The number of rotatable bonds is 9. The number of nitrogens with zero attached hydrogens (tertiary/aromatic N) is 2. The summed E-state index contributed by atoms with van der Waals surface area (Å²) >= 11 is 0. The molecule has 2 N–H and O–H groups in total. The van der Waals surface area contributed by atoms with Gasteiger partial charge in [0.2, 0.25) is 0 Å². The maximum Gasteiger partial charge on any atom is 0.191 e. The fraction of sp³-hybridized carbons (Fsp3) is 0.650. The first-order valence-corrected chi connectivity index (χ1v) is 9.72. The Kier molecular flexibility index (Phi) is 12.7. The van der Waals surface area contributed by atoms with Crippen molar-refractivity contribution >= 4 is 29.9 Å². The van der Waals surface area contributed by atoms with Crippen molar-refractivity contribution in [2.45, 2.75) is 46.2 Å². The predicted octanol–water partition coefficient (Wildman–Crippen LogP) is 3.38. The Hall–Kier alpha value is -0.860. The summed E-state index contributed by atoms with van der Waals surface area (Å²) in [4.78, 5) is 7.32. The van der Waals surface area contributed by atoms with E-state index in [4.69, 9.17) is 9.73 Å². The van der Waals surface area contributed by atoms with Crippen LogP contribution >= 0.6 is 24.0 Å². The van der Waals surface area contributed by atoms with Crippen LogP contribution < -0.4 is 10.6 Å². The molecule has 1 aromatic rings. The van der Waals surface area contributed by atoms with Gasteiger partial charge >= 0.3 is 0 Å². The fourth-order valence-corrected chi connectivity index (χ4v) is 3.12. The minimum atomic E-state index is 0. The second-order valence-electron chi connectivity index (χ2n) is 6.42. The van der Waals surface area contributed by atoms with Gasteiger partial charge < -0.3 is 15.4 Å². The molecule has 6 heteroatoms. The zero-order valence-electron chi connectivity index (χ0n) is 16.3. The third kappa shape index (κ3) is 8.68. The molecule has 1 aromatic carbocycles. The summed E-state index contributed by atoms with van der Waals surface area (Å²) in [5.41, 5.74) is 2.72. The number of halogens is 1. The Morgan fingerprint density at radius 1 is 1.08 bits per heavy atom. The number of hydrogen-bond acceptors (Lipinski definition) is 3. The van der Waals surface area contributed by atoms with Crippen LogP contribution in [0, 0.1) is 0 Å². The highest BCUT2D eigenvalue weighted by Gasteiger charge is 2.12. The standard InChI is InChI=1S/C20H34N4O.HI/c1-3-21-20(22-12-15-25-4-2)23-16-18-10-6-7-11-19(18)17-24-13-8-5-9-14-24;/h6-7,10-11H,3-5,8-9,12-17H2,1-2H3,(H2,21,22,23);1H. The molecule has 0 radical (unpaired) electrons. The van der Waals surface area contributed by atoms with Crippen LogP contribution in [0.5, 0.6) is 0 Å². The molecular formula is C20H35IN4O. The highest BCUT2D eigenvalue weighted by molar-refractivity contribution is 14.0. The number of ether oxygens (including phenoxy) is 1. The van der Waals surface area contributed by atoms with Gasteiger partial charge in [-0.15, -0.1) is 24.0 Å². The van der Waals surface area contributed by atoms with Gasteiger partial charge in [-0.25, -0.2) is 4.99 Å². The number of likely N-dealkylation sites (tertiary alicyclic amines) is 1. The van der Waals surface area contributed by atoms with Crippen LogP contribution in [0.3, 0.4) is 0 Å². The molecule has 0 atom stereocenters. The van der Waals surface area contributed by atoms with E-state index in [0.29, 0.717) is 13.2 Å². The molecule has 2 rings (SSSR count). The normalized spacial score (nSPS) is 15.4. The van der Waals surface area contributed by atoms with Gasteiger partial charge in [-0.3, -0.25) is 4.90 Å². The molecule has 0 spiro atoms. The maximum atomic E-state index is 5.38. The minimum Gasteiger partial charge on any atom is -0.380 e. The number of guanidine groups is 1. The molecule has 0 unspecified atom stereocenters. The molecule has 0 saturated carbocycles. The van der Waals surface area contributed by atoms with Crippen molar-refractivity contribution in [3.8, 4) is 0 Å². The number of piperidine rings is 1. The number of hydrogen-bond donors (Lipinski definition) is 2. The van der Waals surface area contributed by atoms with Crippen molar-refractivity contribution < 1.29 is 4.74 Å². The largest absolute Gasteiger partial charge is 0.380 e. The topological polar surface area (TPSA) is 48.9 Å². The predicted molar refractivity (Wildman–Crippen MR) is 120 cm³/mol. The minimum absolute atomic E-state index is 0. The summed E-state index contributed by atoms with van der Waals surface area (Å²) < 4.78 is 5.38. The Morgan fingerprint density at radius 2 is 1.81 bits per heavy atom. The molecule has 1 aliphatic heterocycles. The van der Waals surface area contributed by atoms with E-state index in [9.17, 15) is 0 Å². The molecule has 5 nitrogen and oxygen atoms in total. The van der Waals surface area contributed by atoms with Crippen LogP contribution in [0.25, 0.3) is 0 Å². The lowest BCUT2D eigenvalue weighted by Crippen LogP contribution is -2.39. The van der Waals surface area contributed by atoms with E-state index in [0.717, 1.165) is 32.2 Å². The van der Waals surface area contributed by atoms with Gasteiger partial charge in [0.15, 0.2) is 5.96 Å². The first kappa shape index (κ1) is 23.2. The summed E-state index contributed by atoms with van der Waals surface area (Å²) in [6.07, 6.45) is 4.03. The Balaban J connectivity index is 0.00000338. The molecule has 0 amide bonds. The number of aliphatic imine (C=N–C) groups is 1. The Morgan fingerprint density at radius 3 is 2.50 bits per heavy atom. The monoisotopic (exact) mass is 474 g/mol. The average molecular weight is 474 g/mol.